The summed E-state index contributed by atoms with van der Waals surface area (Å²) in [6, 6.07) is 9.53. The van der Waals surface area contributed by atoms with Crippen molar-refractivity contribution in [3.63, 3.8) is 0 Å². The van der Waals surface area contributed by atoms with E-state index in [-0.39, 0.29) is 29.4 Å². The zero-order valence-corrected chi connectivity index (χ0v) is 14.0. The van der Waals surface area contributed by atoms with Gasteiger partial charge in [0.2, 0.25) is 0 Å². The van der Waals surface area contributed by atoms with Gasteiger partial charge in [-0.05, 0) is 36.4 Å². The van der Waals surface area contributed by atoms with Crippen molar-refractivity contribution in [3.05, 3.63) is 64.8 Å². The molecule has 0 saturated carbocycles. The Labute approximate surface area is 152 Å². The van der Waals surface area contributed by atoms with Gasteiger partial charge < -0.3 is 10.1 Å². The van der Waals surface area contributed by atoms with Crippen LogP contribution in [0.25, 0.3) is 17.1 Å². The molecule has 0 bridgehead atoms. The van der Waals surface area contributed by atoms with Gasteiger partial charge in [-0.15, -0.1) is 0 Å². The molecule has 1 heterocycles. The van der Waals surface area contributed by atoms with Crippen LogP contribution in [-0.2, 0) is 4.79 Å². The summed E-state index contributed by atoms with van der Waals surface area (Å²) in [5.41, 5.74) is 0.596. The first-order valence-electron chi connectivity index (χ1n) is 7.52. The van der Waals surface area contributed by atoms with Crippen molar-refractivity contribution in [2.45, 2.75) is 0 Å². The summed E-state index contributed by atoms with van der Waals surface area (Å²) < 4.78 is 29.0. The van der Waals surface area contributed by atoms with Crippen molar-refractivity contribution < 1.29 is 18.4 Å². The highest BCUT2D eigenvalue weighted by atomic mass is 35.5. The number of nitrogens with one attached hydrogen (secondary N) is 1. The van der Waals surface area contributed by atoms with Crippen molar-refractivity contribution in [1.82, 2.24) is 9.55 Å². The number of benzene rings is 2. The van der Waals surface area contributed by atoms with Crippen LogP contribution in [0.15, 0.2) is 42.5 Å². The topological polar surface area (TPSA) is 64.0 Å². The van der Waals surface area contributed by atoms with E-state index in [1.165, 1.54) is 10.6 Å². The minimum Gasteiger partial charge on any atom is -0.361 e. The van der Waals surface area contributed by atoms with Crippen molar-refractivity contribution >= 4 is 30.0 Å². The lowest BCUT2D eigenvalue weighted by atomic mass is 10.2. The molecule has 0 aliphatic carbocycles. The van der Waals surface area contributed by atoms with E-state index < -0.39 is 11.6 Å². The number of carbonyl (C=O) groups is 2. The van der Waals surface area contributed by atoms with E-state index in [0.29, 0.717) is 23.3 Å². The van der Waals surface area contributed by atoms with Crippen LogP contribution in [0.4, 0.5) is 14.6 Å². The molecule has 0 fully saturated rings. The number of aromatic nitrogens is 2. The van der Waals surface area contributed by atoms with Gasteiger partial charge in [-0.2, -0.15) is 0 Å². The van der Waals surface area contributed by atoms with Gasteiger partial charge in [0.05, 0.1) is 12.1 Å². The van der Waals surface area contributed by atoms with Crippen LogP contribution in [0.1, 0.15) is 10.5 Å². The average Bonchev–Trinajstić information content (AvgIpc) is 2.98. The van der Waals surface area contributed by atoms with Crippen molar-refractivity contribution in [2.24, 2.45) is 0 Å². The standard InChI is InChI=1S/C18H12ClF2N3O2/c19-11-1-4-13(5-2-11)24-16(10-26)17(22-7-8-25)23-18(24)14-6-3-12(20)9-15(14)21/h1-6,8-10,22H,7H2. The number of imidazole rings is 1. The third-order valence-corrected chi connectivity index (χ3v) is 3.89. The maximum absolute atomic E-state index is 14.3. The Kier molecular flexibility index (Phi) is 5.09. The summed E-state index contributed by atoms with van der Waals surface area (Å²) >= 11 is 5.90. The fraction of sp³-hybridized carbons (Fsp3) is 0.0556. The number of aldehydes is 2. The van der Waals surface area contributed by atoms with Gasteiger partial charge in [0.15, 0.2) is 17.9 Å². The molecule has 0 amide bonds. The number of rotatable bonds is 6. The Hall–Kier alpha value is -3.06. The van der Waals surface area contributed by atoms with Gasteiger partial charge >= 0.3 is 0 Å². The monoisotopic (exact) mass is 375 g/mol. The third-order valence-electron chi connectivity index (χ3n) is 3.63. The highest BCUT2D eigenvalue weighted by molar-refractivity contribution is 6.30. The lowest BCUT2D eigenvalue weighted by Crippen LogP contribution is -2.06. The van der Waals surface area contributed by atoms with Gasteiger partial charge in [0.25, 0.3) is 0 Å². The number of halogens is 3. The van der Waals surface area contributed by atoms with E-state index in [9.17, 15) is 18.4 Å². The van der Waals surface area contributed by atoms with E-state index in [4.69, 9.17) is 11.6 Å². The first-order chi connectivity index (χ1) is 12.5. The second kappa shape index (κ2) is 7.45. The van der Waals surface area contributed by atoms with Crippen LogP contribution in [0.3, 0.4) is 0 Å². The first kappa shape index (κ1) is 17.8. The number of hydrogen-bond donors (Lipinski definition) is 1. The fourth-order valence-electron chi connectivity index (χ4n) is 2.51. The van der Waals surface area contributed by atoms with Crippen molar-refractivity contribution in [3.8, 4) is 17.1 Å². The van der Waals surface area contributed by atoms with Crippen LogP contribution >= 0.6 is 11.6 Å². The molecular weight excluding hydrogens is 364 g/mol. The second-order valence-electron chi connectivity index (χ2n) is 5.27. The normalized spacial score (nSPS) is 10.6. The summed E-state index contributed by atoms with van der Waals surface area (Å²) in [5, 5.41) is 3.18. The largest absolute Gasteiger partial charge is 0.361 e. The molecule has 0 unspecified atom stereocenters. The average molecular weight is 376 g/mol. The van der Waals surface area contributed by atoms with Crippen LogP contribution < -0.4 is 5.32 Å². The molecule has 26 heavy (non-hydrogen) atoms. The summed E-state index contributed by atoms with van der Waals surface area (Å²) in [4.78, 5) is 26.5. The molecule has 0 radical (unpaired) electrons. The van der Waals surface area contributed by atoms with Crippen LogP contribution in [0, 0.1) is 11.6 Å². The fourth-order valence-corrected chi connectivity index (χ4v) is 2.64. The predicted octanol–water partition coefficient (Wildman–Crippen LogP) is 3.89. The smallest absolute Gasteiger partial charge is 0.170 e. The van der Waals surface area contributed by atoms with E-state index in [0.717, 1.165) is 12.1 Å². The number of carbonyl (C=O) groups excluding carboxylic acids is 2. The summed E-state index contributed by atoms with van der Waals surface area (Å²) in [5.74, 6) is -1.36. The minimum absolute atomic E-state index is 0.00334. The maximum Gasteiger partial charge on any atom is 0.170 e. The van der Waals surface area contributed by atoms with Crippen LogP contribution in [0.5, 0.6) is 0 Å². The summed E-state index contributed by atoms with van der Waals surface area (Å²) in [6.45, 7) is -0.0796. The molecule has 0 saturated heterocycles. The quantitative estimate of drug-likeness (QED) is 0.664. The van der Waals surface area contributed by atoms with Gasteiger partial charge in [-0.3, -0.25) is 9.36 Å². The van der Waals surface area contributed by atoms with E-state index in [1.807, 2.05) is 0 Å². The Balaban J connectivity index is 2.27. The second-order valence-corrected chi connectivity index (χ2v) is 5.71. The van der Waals surface area contributed by atoms with Crippen LogP contribution in [0.2, 0.25) is 5.02 Å². The molecule has 5 nitrogen and oxygen atoms in total. The molecule has 0 aliphatic rings. The van der Waals surface area contributed by atoms with E-state index in [1.54, 1.807) is 24.3 Å². The summed E-state index contributed by atoms with van der Waals surface area (Å²) in [7, 11) is 0. The predicted molar refractivity (Wildman–Crippen MR) is 93.9 cm³/mol. The zero-order chi connectivity index (χ0) is 18.7. The highest BCUT2D eigenvalue weighted by Crippen LogP contribution is 2.31. The molecule has 3 rings (SSSR count). The highest BCUT2D eigenvalue weighted by Gasteiger charge is 2.21. The minimum atomic E-state index is -0.829. The Morgan fingerprint density at radius 3 is 2.46 bits per heavy atom. The summed E-state index contributed by atoms with van der Waals surface area (Å²) in [6.07, 6.45) is 1.15. The van der Waals surface area contributed by atoms with Gasteiger partial charge in [-0.1, -0.05) is 11.6 Å². The molecule has 0 aliphatic heterocycles. The lowest BCUT2D eigenvalue weighted by molar-refractivity contribution is -0.106. The van der Waals surface area contributed by atoms with E-state index >= 15 is 0 Å². The third kappa shape index (κ3) is 3.34. The lowest BCUT2D eigenvalue weighted by Gasteiger charge is -2.10. The van der Waals surface area contributed by atoms with Gasteiger partial charge in [-0.25, -0.2) is 13.8 Å². The molecular formula is C18H12ClF2N3O2. The van der Waals surface area contributed by atoms with E-state index in [2.05, 4.69) is 10.3 Å². The maximum atomic E-state index is 14.3. The Bertz CT molecular complexity index is 971. The SMILES string of the molecule is O=CCNc1nc(-c2ccc(F)cc2F)n(-c2ccc(Cl)cc2)c1C=O. The van der Waals surface area contributed by atoms with Crippen molar-refractivity contribution in [1.29, 1.82) is 0 Å². The number of hydrogen-bond acceptors (Lipinski definition) is 4. The molecule has 0 spiro atoms. The molecule has 8 heteroatoms. The van der Waals surface area contributed by atoms with Crippen LogP contribution in [-0.4, -0.2) is 28.7 Å². The Morgan fingerprint density at radius 2 is 1.85 bits per heavy atom. The Morgan fingerprint density at radius 1 is 1.12 bits per heavy atom. The molecule has 3 aromatic rings. The number of nitrogens with zero attached hydrogens (tertiary/aromatic N) is 2. The molecule has 132 valence electrons. The van der Waals surface area contributed by atoms with Crippen molar-refractivity contribution in [2.75, 3.05) is 11.9 Å². The molecule has 2 aromatic carbocycles. The first-order valence-corrected chi connectivity index (χ1v) is 7.89. The molecule has 1 N–H and O–H groups in total. The zero-order valence-electron chi connectivity index (χ0n) is 13.2. The number of anilines is 1. The van der Waals surface area contributed by atoms with Gasteiger partial charge in [0.1, 0.15) is 23.6 Å². The van der Waals surface area contributed by atoms with Gasteiger partial charge in [0, 0.05) is 16.8 Å². The molecule has 1 aromatic heterocycles. The molecule has 0 atom stereocenters.